The molecule has 0 amide bonds. The number of nitrogens with zero attached hydrogens (tertiary/aromatic N) is 1. The molecule has 0 radical (unpaired) electrons. The van der Waals surface area contributed by atoms with Gasteiger partial charge in [-0.25, -0.2) is 17.8 Å². The van der Waals surface area contributed by atoms with Crippen molar-refractivity contribution in [3.63, 3.8) is 0 Å². The van der Waals surface area contributed by atoms with Crippen LogP contribution in [-0.2, 0) is 10.0 Å². The molecule has 0 aliphatic heterocycles. The van der Waals surface area contributed by atoms with Crippen LogP contribution in [0.15, 0.2) is 53.9 Å². The number of halogens is 1. The quantitative estimate of drug-likeness (QED) is 0.714. The van der Waals surface area contributed by atoms with Crippen LogP contribution in [0.1, 0.15) is 12.8 Å². The second-order valence-electron chi connectivity index (χ2n) is 5.91. The molecule has 1 saturated carbocycles. The Morgan fingerprint density at radius 1 is 1.04 bits per heavy atom. The van der Waals surface area contributed by atoms with Gasteiger partial charge in [-0.1, -0.05) is 30.3 Å². The molecule has 0 saturated heterocycles. The third kappa shape index (κ3) is 3.29. The highest BCUT2D eigenvalue weighted by atomic mass is 32.2. The molecule has 1 aromatic heterocycles. The summed E-state index contributed by atoms with van der Waals surface area (Å²) in [6.45, 7) is 0. The van der Waals surface area contributed by atoms with E-state index in [2.05, 4.69) is 9.71 Å². The van der Waals surface area contributed by atoms with E-state index in [0.717, 1.165) is 0 Å². The zero-order chi connectivity index (χ0) is 17.4. The molecular formula is C18H15FN2O2S2. The molecule has 1 fully saturated rings. The third-order valence-electron chi connectivity index (χ3n) is 4.03. The predicted molar refractivity (Wildman–Crippen MR) is 98.5 cm³/mol. The summed E-state index contributed by atoms with van der Waals surface area (Å²) in [5.74, 6) is -0.328. The van der Waals surface area contributed by atoms with Crippen molar-refractivity contribution >= 4 is 27.0 Å². The van der Waals surface area contributed by atoms with Gasteiger partial charge in [0.2, 0.25) is 10.0 Å². The van der Waals surface area contributed by atoms with E-state index in [0.29, 0.717) is 40.4 Å². The molecule has 0 unspecified atom stereocenters. The fourth-order valence-corrected chi connectivity index (χ4v) is 4.82. The number of para-hydroxylation sites is 1. The first-order chi connectivity index (χ1) is 12.0. The molecule has 0 bridgehead atoms. The normalized spacial score (nSPS) is 14.4. The number of anilines is 1. The van der Waals surface area contributed by atoms with Gasteiger partial charge in [0.05, 0.1) is 16.6 Å². The zero-order valence-electron chi connectivity index (χ0n) is 13.1. The van der Waals surface area contributed by atoms with Crippen LogP contribution in [0.25, 0.3) is 21.8 Å². The molecule has 0 atom stereocenters. The summed E-state index contributed by atoms with van der Waals surface area (Å²) in [5, 5.41) is 2.07. The first-order valence-electron chi connectivity index (χ1n) is 7.86. The van der Waals surface area contributed by atoms with Crippen LogP contribution in [0.3, 0.4) is 0 Å². The number of sulfonamides is 1. The van der Waals surface area contributed by atoms with E-state index >= 15 is 0 Å². The Kier molecular flexibility index (Phi) is 4.05. The highest BCUT2D eigenvalue weighted by Gasteiger charge is 2.36. The van der Waals surface area contributed by atoms with E-state index in [1.165, 1.54) is 17.4 Å². The van der Waals surface area contributed by atoms with Crippen LogP contribution in [0.5, 0.6) is 0 Å². The molecule has 4 nitrogen and oxygen atoms in total. The number of hydrogen-bond donors (Lipinski definition) is 1. The molecule has 4 rings (SSSR count). The highest BCUT2D eigenvalue weighted by Crippen LogP contribution is 2.36. The van der Waals surface area contributed by atoms with Crippen molar-refractivity contribution in [1.82, 2.24) is 4.98 Å². The second-order valence-corrected chi connectivity index (χ2v) is 8.73. The summed E-state index contributed by atoms with van der Waals surface area (Å²) >= 11 is 1.33. The smallest absolute Gasteiger partial charge is 0.235 e. The van der Waals surface area contributed by atoms with Crippen molar-refractivity contribution in [3.05, 3.63) is 59.7 Å². The Morgan fingerprint density at radius 3 is 2.44 bits per heavy atom. The van der Waals surface area contributed by atoms with E-state index < -0.39 is 10.0 Å². The van der Waals surface area contributed by atoms with Gasteiger partial charge in [0, 0.05) is 16.5 Å². The van der Waals surface area contributed by atoms with Gasteiger partial charge in [0.1, 0.15) is 10.8 Å². The average molecular weight is 374 g/mol. The maximum atomic E-state index is 14.0. The second kappa shape index (κ2) is 6.24. The first kappa shape index (κ1) is 16.2. The number of nitrogens with one attached hydrogen (secondary N) is 1. The van der Waals surface area contributed by atoms with Crippen LogP contribution in [-0.4, -0.2) is 18.7 Å². The van der Waals surface area contributed by atoms with Crippen molar-refractivity contribution in [2.45, 2.75) is 18.1 Å². The summed E-state index contributed by atoms with van der Waals surface area (Å²) in [6.07, 6.45) is 1.40. The molecule has 25 heavy (non-hydrogen) atoms. The number of aromatic nitrogens is 1. The SMILES string of the molecule is O=S(=O)(Nc1ccccc1-c1csc(-c2ccccc2F)n1)C1CC1. The zero-order valence-corrected chi connectivity index (χ0v) is 14.8. The number of rotatable bonds is 5. The Morgan fingerprint density at radius 2 is 1.72 bits per heavy atom. The van der Waals surface area contributed by atoms with Gasteiger partial charge >= 0.3 is 0 Å². The maximum Gasteiger partial charge on any atom is 0.235 e. The summed E-state index contributed by atoms with van der Waals surface area (Å²) in [7, 11) is -3.36. The Bertz CT molecular complexity index is 1030. The molecule has 128 valence electrons. The lowest BCUT2D eigenvalue weighted by atomic mass is 10.1. The first-order valence-corrected chi connectivity index (χ1v) is 10.3. The lowest BCUT2D eigenvalue weighted by Crippen LogP contribution is -2.17. The predicted octanol–water partition coefficient (Wildman–Crippen LogP) is 4.52. The Labute approximate surface area is 149 Å². The van der Waals surface area contributed by atoms with Crippen LogP contribution in [0.4, 0.5) is 10.1 Å². The summed E-state index contributed by atoms with van der Waals surface area (Å²) in [4.78, 5) is 4.51. The lowest BCUT2D eigenvalue weighted by molar-refractivity contribution is 0.600. The molecule has 7 heteroatoms. The summed E-state index contributed by atoms with van der Waals surface area (Å²) in [6, 6.07) is 13.6. The van der Waals surface area contributed by atoms with Crippen molar-refractivity contribution in [1.29, 1.82) is 0 Å². The van der Waals surface area contributed by atoms with E-state index in [9.17, 15) is 12.8 Å². The molecular weight excluding hydrogens is 359 g/mol. The van der Waals surface area contributed by atoms with E-state index in [-0.39, 0.29) is 11.1 Å². The fourth-order valence-electron chi connectivity index (χ4n) is 2.57. The number of thiazole rings is 1. The van der Waals surface area contributed by atoms with Gasteiger partial charge in [0.25, 0.3) is 0 Å². The molecule has 3 aromatic rings. The van der Waals surface area contributed by atoms with E-state index in [1.54, 1.807) is 30.3 Å². The highest BCUT2D eigenvalue weighted by molar-refractivity contribution is 7.93. The fraction of sp³-hybridized carbons (Fsp3) is 0.167. The van der Waals surface area contributed by atoms with Gasteiger partial charge in [0.15, 0.2) is 0 Å². The van der Waals surface area contributed by atoms with Crippen LogP contribution < -0.4 is 4.72 Å². The number of hydrogen-bond acceptors (Lipinski definition) is 4. The molecule has 1 heterocycles. The van der Waals surface area contributed by atoms with Gasteiger partial charge in [-0.05, 0) is 31.0 Å². The monoisotopic (exact) mass is 374 g/mol. The molecule has 2 aromatic carbocycles. The molecule has 1 N–H and O–H groups in total. The lowest BCUT2D eigenvalue weighted by Gasteiger charge is -2.10. The van der Waals surface area contributed by atoms with Crippen LogP contribution >= 0.6 is 11.3 Å². The van der Waals surface area contributed by atoms with Crippen molar-refractivity contribution < 1.29 is 12.8 Å². The Balaban J connectivity index is 1.70. The minimum absolute atomic E-state index is 0.301. The van der Waals surface area contributed by atoms with E-state index in [4.69, 9.17) is 0 Å². The summed E-state index contributed by atoms with van der Waals surface area (Å²) in [5.41, 5.74) is 2.25. The largest absolute Gasteiger partial charge is 0.283 e. The van der Waals surface area contributed by atoms with E-state index in [1.807, 2.05) is 17.5 Å². The van der Waals surface area contributed by atoms with Gasteiger partial charge in [-0.15, -0.1) is 11.3 Å². The van der Waals surface area contributed by atoms with Crippen molar-refractivity contribution in [3.8, 4) is 21.8 Å². The maximum absolute atomic E-state index is 14.0. The molecule has 1 aliphatic carbocycles. The molecule has 1 aliphatic rings. The summed E-state index contributed by atoms with van der Waals surface area (Å²) < 4.78 is 41.1. The van der Waals surface area contributed by atoms with Crippen molar-refractivity contribution in [2.24, 2.45) is 0 Å². The standard InChI is InChI=1S/C18H15FN2O2S2/c19-15-7-3-1-5-13(15)18-20-17(11-24-18)14-6-2-4-8-16(14)21-25(22,23)12-9-10-12/h1-8,11-12,21H,9-10H2. The minimum atomic E-state index is -3.36. The van der Waals surface area contributed by atoms with Gasteiger partial charge in [-0.2, -0.15) is 0 Å². The third-order valence-corrected chi connectivity index (χ3v) is 6.76. The topological polar surface area (TPSA) is 59.1 Å². The van der Waals surface area contributed by atoms with Gasteiger partial charge in [-0.3, -0.25) is 4.72 Å². The van der Waals surface area contributed by atoms with Gasteiger partial charge < -0.3 is 0 Å². The Hall–Kier alpha value is -2.25. The van der Waals surface area contributed by atoms with Crippen LogP contribution in [0, 0.1) is 5.82 Å². The number of benzene rings is 2. The van der Waals surface area contributed by atoms with Crippen molar-refractivity contribution in [2.75, 3.05) is 4.72 Å². The molecule has 0 spiro atoms. The van der Waals surface area contributed by atoms with Crippen LogP contribution in [0.2, 0.25) is 0 Å². The minimum Gasteiger partial charge on any atom is -0.283 e. The average Bonchev–Trinajstić information content (AvgIpc) is 3.35.